The number of anilines is 1. The number of hydrogen-bond acceptors (Lipinski definition) is 4. The molecule has 2 heterocycles. The predicted molar refractivity (Wildman–Crippen MR) is 139 cm³/mol. The standard InChI is InChI=1S/C29H36N4O3/c34-26(30-20-23-10-4-1-5-11-23)21-32-22-33(25-14-8-3-9-15-25)29(28(32)36)16-18-31(19-17-29)27(35)24-12-6-2-7-13-24/h1,3-5,8-11,14-15,24H,2,6-7,12-13,16-22H2,(H,30,34). The lowest BCUT2D eigenvalue weighted by molar-refractivity contribution is -0.142. The maximum Gasteiger partial charge on any atom is 0.250 e. The van der Waals surface area contributed by atoms with Crippen molar-refractivity contribution in [2.24, 2.45) is 5.92 Å². The van der Waals surface area contributed by atoms with Gasteiger partial charge in [0.25, 0.3) is 5.91 Å². The van der Waals surface area contributed by atoms with Crippen LogP contribution in [0, 0.1) is 5.92 Å². The topological polar surface area (TPSA) is 73.0 Å². The maximum absolute atomic E-state index is 13.9. The van der Waals surface area contributed by atoms with E-state index >= 15 is 0 Å². The molecule has 5 rings (SSSR count). The van der Waals surface area contributed by atoms with Gasteiger partial charge in [-0.15, -0.1) is 0 Å². The lowest BCUT2D eigenvalue weighted by Crippen LogP contribution is -2.58. The van der Waals surface area contributed by atoms with Crippen LogP contribution >= 0.6 is 0 Å². The first kappa shape index (κ1) is 24.3. The highest BCUT2D eigenvalue weighted by atomic mass is 16.2. The number of rotatable bonds is 6. The number of piperidine rings is 1. The van der Waals surface area contributed by atoms with E-state index in [4.69, 9.17) is 0 Å². The SMILES string of the molecule is O=C(CN1CN(c2ccccc2)C2(CCN(C(=O)C3CCCCC3)CC2)C1=O)NCc1ccccc1. The molecular formula is C29H36N4O3. The van der Waals surface area contributed by atoms with E-state index in [1.54, 1.807) is 4.90 Å². The Morgan fingerprint density at radius 1 is 0.889 bits per heavy atom. The Morgan fingerprint density at radius 3 is 2.19 bits per heavy atom. The van der Waals surface area contributed by atoms with Gasteiger partial charge in [0.05, 0.1) is 6.67 Å². The Hall–Kier alpha value is -3.35. The Kier molecular flexibility index (Phi) is 7.25. The van der Waals surface area contributed by atoms with Gasteiger partial charge in [-0.3, -0.25) is 14.4 Å². The largest absolute Gasteiger partial charge is 0.350 e. The molecule has 0 unspecified atom stereocenters. The minimum atomic E-state index is -0.718. The van der Waals surface area contributed by atoms with Crippen molar-refractivity contribution in [3.05, 3.63) is 66.2 Å². The van der Waals surface area contributed by atoms with Gasteiger partial charge >= 0.3 is 0 Å². The van der Waals surface area contributed by atoms with E-state index in [2.05, 4.69) is 10.2 Å². The Balaban J connectivity index is 1.28. The first-order chi connectivity index (χ1) is 17.6. The summed E-state index contributed by atoms with van der Waals surface area (Å²) in [6, 6.07) is 19.7. The summed E-state index contributed by atoms with van der Waals surface area (Å²) >= 11 is 0. The van der Waals surface area contributed by atoms with Crippen LogP contribution in [0.4, 0.5) is 5.69 Å². The number of nitrogens with zero attached hydrogens (tertiary/aromatic N) is 3. The molecule has 36 heavy (non-hydrogen) atoms. The molecule has 0 bridgehead atoms. The number of nitrogens with one attached hydrogen (secondary N) is 1. The van der Waals surface area contributed by atoms with E-state index in [1.807, 2.05) is 65.6 Å². The third-order valence-electron chi connectivity index (χ3n) is 8.11. The molecule has 2 saturated heterocycles. The van der Waals surface area contributed by atoms with Gasteiger partial charge in [-0.1, -0.05) is 67.8 Å². The molecule has 3 fully saturated rings. The van der Waals surface area contributed by atoms with Crippen molar-refractivity contribution in [2.75, 3.05) is 31.2 Å². The highest BCUT2D eigenvalue weighted by molar-refractivity contribution is 5.96. The Morgan fingerprint density at radius 2 is 1.53 bits per heavy atom. The average molecular weight is 489 g/mol. The summed E-state index contributed by atoms with van der Waals surface area (Å²) in [5.41, 5.74) is 1.28. The molecule has 2 aliphatic heterocycles. The second-order valence-electron chi connectivity index (χ2n) is 10.4. The van der Waals surface area contributed by atoms with Crippen LogP contribution in [-0.4, -0.2) is 59.4 Å². The molecule has 2 aromatic carbocycles. The van der Waals surface area contributed by atoms with E-state index in [-0.39, 0.29) is 30.2 Å². The third-order valence-corrected chi connectivity index (χ3v) is 8.11. The number of para-hydroxylation sites is 1. The normalized spacial score (nSPS) is 20.1. The number of benzene rings is 2. The van der Waals surface area contributed by atoms with Crippen LogP contribution in [0.15, 0.2) is 60.7 Å². The molecule has 0 radical (unpaired) electrons. The molecule has 190 valence electrons. The van der Waals surface area contributed by atoms with Gasteiger partial charge in [-0.25, -0.2) is 0 Å². The summed E-state index contributed by atoms with van der Waals surface area (Å²) in [5, 5.41) is 2.95. The van der Waals surface area contributed by atoms with Gasteiger partial charge in [0.2, 0.25) is 11.8 Å². The lowest BCUT2D eigenvalue weighted by atomic mass is 9.83. The quantitative estimate of drug-likeness (QED) is 0.675. The molecule has 7 nitrogen and oxygen atoms in total. The van der Waals surface area contributed by atoms with Crippen molar-refractivity contribution in [1.29, 1.82) is 0 Å². The predicted octanol–water partition coefficient (Wildman–Crippen LogP) is 3.55. The smallest absolute Gasteiger partial charge is 0.250 e. The summed E-state index contributed by atoms with van der Waals surface area (Å²) in [5.74, 6) is 0.230. The van der Waals surface area contributed by atoms with Gasteiger partial charge < -0.3 is 20.0 Å². The van der Waals surface area contributed by atoms with Crippen molar-refractivity contribution in [3.8, 4) is 0 Å². The van der Waals surface area contributed by atoms with E-state index in [1.165, 1.54) is 6.42 Å². The molecule has 2 aromatic rings. The zero-order valence-electron chi connectivity index (χ0n) is 20.9. The van der Waals surface area contributed by atoms with Gasteiger partial charge in [0.1, 0.15) is 12.1 Å². The molecule has 0 atom stereocenters. The monoisotopic (exact) mass is 488 g/mol. The van der Waals surface area contributed by atoms with Crippen molar-refractivity contribution in [1.82, 2.24) is 15.1 Å². The molecule has 0 aromatic heterocycles. The fourth-order valence-corrected chi connectivity index (χ4v) is 6.05. The lowest BCUT2D eigenvalue weighted by Gasteiger charge is -2.44. The molecule has 1 N–H and O–H groups in total. The zero-order valence-corrected chi connectivity index (χ0v) is 20.9. The second-order valence-corrected chi connectivity index (χ2v) is 10.4. The van der Waals surface area contributed by atoms with E-state index in [0.29, 0.717) is 39.1 Å². The number of carbonyl (C=O) groups is 3. The van der Waals surface area contributed by atoms with Gasteiger partial charge in [-0.05, 0) is 43.4 Å². The van der Waals surface area contributed by atoms with Crippen LogP contribution in [0.5, 0.6) is 0 Å². The molecule has 3 aliphatic rings. The minimum absolute atomic E-state index is 0.00835. The van der Waals surface area contributed by atoms with Gasteiger partial charge in [-0.2, -0.15) is 0 Å². The fourth-order valence-electron chi connectivity index (χ4n) is 6.05. The average Bonchev–Trinajstić information content (AvgIpc) is 3.19. The molecule has 1 aliphatic carbocycles. The summed E-state index contributed by atoms with van der Waals surface area (Å²) in [6.45, 7) is 2.00. The molecule has 1 saturated carbocycles. The summed E-state index contributed by atoms with van der Waals surface area (Å²) < 4.78 is 0. The van der Waals surface area contributed by atoms with Crippen LogP contribution in [0.25, 0.3) is 0 Å². The van der Waals surface area contributed by atoms with Crippen LogP contribution in [-0.2, 0) is 20.9 Å². The van der Waals surface area contributed by atoms with Gasteiger partial charge in [0, 0.05) is 31.2 Å². The number of likely N-dealkylation sites (tertiary alicyclic amines) is 1. The Bertz CT molecular complexity index is 1060. The second kappa shape index (κ2) is 10.7. The van der Waals surface area contributed by atoms with E-state index < -0.39 is 5.54 Å². The van der Waals surface area contributed by atoms with Crippen LogP contribution in [0.3, 0.4) is 0 Å². The summed E-state index contributed by atoms with van der Waals surface area (Å²) in [4.78, 5) is 45.6. The zero-order chi connectivity index (χ0) is 25.0. The molecule has 3 amide bonds. The number of carbonyl (C=O) groups excluding carboxylic acids is 3. The minimum Gasteiger partial charge on any atom is -0.350 e. The van der Waals surface area contributed by atoms with Crippen LogP contribution in [0.1, 0.15) is 50.5 Å². The van der Waals surface area contributed by atoms with Crippen molar-refractivity contribution in [2.45, 2.75) is 57.0 Å². The summed E-state index contributed by atoms with van der Waals surface area (Å²) in [6.07, 6.45) is 6.64. The molecular weight excluding hydrogens is 452 g/mol. The number of amides is 3. The highest BCUT2D eigenvalue weighted by Crippen LogP contribution is 2.40. The first-order valence-corrected chi connectivity index (χ1v) is 13.3. The molecule has 1 spiro atoms. The number of hydrogen-bond donors (Lipinski definition) is 1. The van der Waals surface area contributed by atoms with E-state index in [9.17, 15) is 14.4 Å². The highest BCUT2D eigenvalue weighted by Gasteiger charge is 2.54. The Labute approximate surface area is 213 Å². The van der Waals surface area contributed by atoms with E-state index in [0.717, 1.165) is 36.9 Å². The maximum atomic E-state index is 13.9. The summed E-state index contributed by atoms with van der Waals surface area (Å²) in [7, 11) is 0. The van der Waals surface area contributed by atoms with Crippen molar-refractivity contribution < 1.29 is 14.4 Å². The first-order valence-electron chi connectivity index (χ1n) is 13.3. The third kappa shape index (κ3) is 4.97. The van der Waals surface area contributed by atoms with Crippen LogP contribution in [0.2, 0.25) is 0 Å². The van der Waals surface area contributed by atoms with Crippen LogP contribution < -0.4 is 10.2 Å². The molecule has 7 heteroatoms. The van der Waals surface area contributed by atoms with Crippen molar-refractivity contribution in [3.63, 3.8) is 0 Å². The van der Waals surface area contributed by atoms with Crippen molar-refractivity contribution >= 4 is 23.4 Å². The fraction of sp³-hybridized carbons (Fsp3) is 0.483. The van der Waals surface area contributed by atoms with Gasteiger partial charge in [0.15, 0.2) is 0 Å².